The Hall–Kier alpha value is -2.94. The van der Waals surface area contributed by atoms with Crippen molar-refractivity contribution in [3.8, 4) is 22.7 Å². The highest BCUT2D eigenvalue weighted by Gasteiger charge is 2.32. The van der Waals surface area contributed by atoms with E-state index >= 15 is 0 Å². The first kappa shape index (κ1) is 23.2. The minimum Gasteiger partial charge on any atom is -0.494 e. The molecular formula is C25H25N3O3S2. The Balaban J connectivity index is 1.77. The van der Waals surface area contributed by atoms with Crippen molar-refractivity contribution < 1.29 is 14.3 Å². The van der Waals surface area contributed by atoms with Crippen molar-refractivity contribution in [2.24, 2.45) is 0 Å². The predicted molar refractivity (Wildman–Crippen MR) is 137 cm³/mol. The largest absolute Gasteiger partial charge is 0.494 e. The standard InChI is InChI=1S/C25H25N3O3S2/c1-4-31-21-11-10-18(14-17(21)2)23-19(16-28(26-23)20-8-6-5-7-9-20)15-22-24(29)27(12-13-30-3)25(32)33-22/h5-11,14-16H,4,12-13H2,1-3H3/b22-15-. The van der Waals surface area contributed by atoms with Gasteiger partial charge in [-0.3, -0.25) is 9.69 Å². The third kappa shape index (κ3) is 5.03. The fourth-order valence-electron chi connectivity index (χ4n) is 3.56. The Bertz CT molecular complexity index is 1200. The SMILES string of the molecule is CCOc1ccc(-c2nn(-c3ccccc3)cc2/C=C2\SC(=S)N(CCOC)C2=O)cc1C. The summed E-state index contributed by atoms with van der Waals surface area (Å²) in [7, 11) is 1.61. The molecule has 0 bridgehead atoms. The number of carbonyl (C=O) groups is 1. The highest BCUT2D eigenvalue weighted by atomic mass is 32.2. The van der Waals surface area contributed by atoms with E-state index in [1.54, 1.807) is 12.0 Å². The number of aryl methyl sites for hydroxylation is 1. The van der Waals surface area contributed by atoms with E-state index < -0.39 is 0 Å². The number of benzene rings is 2. The molecule has 0 radical (unpaired) electrons. The number of methoxy groups -OCH3 is 1. The number of thioether (sulfide) groups is 1. The molecule has 1 amide bonds. The fourth-order valence-corrected chi connectivity index (χ4v) is 4.86. The lowest BCUT2D eigenvalue weighted by molar-refractivity contribution is -0.122. The van der Waals surface area contributed by atoms with Crippen molar-refractivity contribution in [3.05, 3.63) is 70.8 Å². The summed E-state index contributed by atoms with van der Waals surface area (Å²) in [4.78, 5) is 15.1. The molecule has 0 unspecified atom stereocenters. The number of para-hydroxylation sites is 1. The summed E-state index contributed by atoms with van der Waals surface area (Å²) in [5.74, 6) is 0.743. The molecule has 0 aliphatic carbocycles. The molecule has 3 aromatic rings. The Morgan fingerprint density at radius 2 is 1.97 bits per heavy atom. The van der Waals surface area contributed by atoms with Gasteiger partial charge in [-0.15, -0.1) is 0 Å². The summed E-state index contributed by atoms with van der Waals surface area (Å²) in [5.41, 5.74) is 4.54. The van der Waals surface area contributed by atoms with Crippen LogP contribution in [-0.2, 0) is 9.53 Å². The molecule has 1 fully saturated rings. The average molecular weight is 480 g/mol. The van der Waals surface area contributed by atoms with Gasteiger partial charge in [-0.1, -0.05) is 42.2 Å². The monoisotopic (exact) mass is 479 g/mol. The molecule has 0 atom stereocenters. The van der Waals surface area contributed by atoms with Crippen molar-refractivity contribution in [1.82, 2.24) is 14.7 Å². The van der Waals surface area contributed by atoms with Crippen molar-refractivity contribution in [1.29, 1.82) is 0 Å². The predicted octanol–water partition coefficient (Wildman–Crippen LogP) is 5.09. The first-order valence-electron chi connectivity index (χ1n) is 10.6. The molecule has 170 valence electrons. The fraction of sp³-hybridized carbons (Fsp3) is 0.240. The quantitative estimate of drug-likeness (QED) is 0.331. The zero-order valence-corrected chi connectivity index (χ0v) is 20.4. The minimum absolute atomic E-state index is 0.108. The van der Waals surface area contributed by atoms with Crippen LogP contribution in [-0.4, -0.2) is 51.8 Å². The number of rotatable bonds is 8. The number of aromatic nitrogens is 2. The highest BCUT2D eigenvalue weighted by molar-refractivity contribution is 8.26. The molecule has 1 saturated heterocycles. The molecule has 33 heavy (non-hydrogen) atoms. The van der Waals surface area contributed by atoms with Gasteiger partial charge >= 0.3 is 0 Å². The van der Waals surface area contributed by atoms with E-state index in [4.69, 9.17) is 26.8 Å². The van der Waals surface area contributed by atoms with Gasteiger partial charge in [0.1, 0.15) is 15.8 Å². The summed E-state index contributed by atoms with van der Waals surface area (Å²) >= 11 is 6.73. The summed E-state index contributed by atoms with van der Waals surface area (Å²) in [6.07, 6.45) is 3.82. The number of nitrogens with zero attached hydrogens (tertiary/aromatic N) is 3. The van der Waals surface area contributed by atoms with Gasteiger partial charge in [-0.25, -0.2) is 4.68 Å². The second-order valence-electron chi connectivity index (χ2n) is 7.45. The molecule has 2 aromatic carbocycles. The first-order chi connectivity index (χ1) is 16.0. The topological polar surface area (TPSA) is 56.6 Å². The van der Waals surface area contributed by atoms with E-state index in [1.165, 1.54) is 11.8 Å². The molecule has 6 nitrogen and oxygen atoms in total. The molecule has 1 aliphatic rings. The zero-order chi connectivity index (χ0) is 23.4. The van der Waals surface area contributed by atoms with E-state index in [0.29, 0.717) is 29.0 Å². The number of hydrogen-bond donors (Lipinski definition) is 0. The molecule has 0 spiro atoms. The Labute approximate surface area is 203 Å². The van der Waals surface area contributed by atoms with Gasteiger partial charge in [0.25, 0.3) is 5.91 Å². The maximum absolute atomic E-state index is 13.0. The van der Waals surface area contributed by atoms with Gasteiger partial charge < -0.3 is 9.47 Å². The molecule has 0 saturated carbocycles. The molecule has 1 aromatic heterocycles. The van der Waals surface area contributed by atoms with Crippen LogP contribution in [0.1, 0.15) is 18.1 Å². The van der Waals surface area contributed by atoms with E-state index in [2.05, 4.69) is 6.07 Å². The van der Waals surface area contributed by atoms with Gasteiger partial charge in [0.05, 0.1) is 30.4 Å². The normalized spacial score (nSPS) is 15.0. The van der Waals surface area contributed by atoms with Gasteiger partial charge in [-0.2, -0.15) is 5.10 Å². The van der Waals surface area contributed by atoms with Crippen molar-refractivity contribution >= 4 is 40.3 Å². The second kappa shape index (κ2) is 10.3. The maximum Gasteiger partial charge on any atom is 0.266 e. The van der Waals surface area contributed by atoms with Crippen molar-refractivity contribution in [2.75, 3.05) is 26.9 Å². The maximum atomic E-state index is 13.0. The lowest BCUT2D eigenvalue weighted by atomic mass is 10.0. The summed E-state index contributed by atoms with van der Waals surface area (Å²) in [6.45, 7) is 5.47. The number of thiocarbonyl (C=S) groups is 1. The van der Waals surface area contributed by atoms with E-state index in [-0.39, 0.29) is 5.91 Å². The van der Waals surface area contributed by atoms with E-state index in [0.717, 1.165) is 33.8 Å². The summed E-state index contributed by atoms with van der Waals surface area (Å²) in [5, 5.41) is 4.87. The Morgan fingerprint density at radius 1 is 1.18 bits per heavy atom. The number of ether oxygens (including phenoxy) is 2. The van der Waals surface area contributed by atoms with Crippen LogP contribution in [0.5, 0.6) is 5.75 Å². The van der Waals surface area contributed by atoms with Gasteiger partial charge in [0.15, 0.2) is 0 Å². The van der Waals surface area contributed by atoms with Crippen molar-refractivity contribution in [2.45, 2.75) is 13.8 Å². The van der Waals surface area contributed by atoms with Crippen LogP contribution in [0.15, 0.2) is 59.6 Å². The van der Waals surface area contributed by atoms with Crippen LogP contribution < -0.4 is 4.74 Å². The van der Waals surface area contributed by atoms with Crippen molar-refractivity contribution in [3.63, 3.8) is 0 Å². The zero-order valence-electron chi connectivity index (χ0n) is 18.8. The van der Waals surface area contributed by atoms with Crippen LogP contribution in [0.3, 0.4) is 0 Å². The summed E-state index contributed by atoms with van der Waals surface area (Å²) < 4.78 is 13.2. The van der Waals surface area contributed by atoms with E-state index in [1.807, 2.05) is 73.3 Å². The Kier molecular flexibility index (Phi) is 7.27. The average Bonchev–Trinajstić information content (AvgIpc) is 3.35. The van der Waals surface area contributed by atoms with Crippen LogP contribution in [0.2, 0.25) is 0 Å². The lowest BCUT2D eigenvalue weighted by Gasteiger charge is -2.12. The molecule has 1 aliphatic heterocycles. The molecule has 0 N–H and O–H groups in total. The first-order valence-corrected chi connectivity index (χ1v) is 11.9. The van der Waals surface area contributed by atoms with Crippen LogP contribution in [0.4, 0.5) is 0 Å². The van der Waals surface area contributed by atoms with Gasteiger partial charge in [0, 0.05) is 24.4 Å². The number of hydrogen-bond acceptors (Lipinski definition) is 6. The van der Waals surface area contributed by atoms with Gasteiger partial charge in [0.2, 0.25) is 0 Å². The molecule has 2 heterocycles. The lowest BCUT2D eigenvalue weighted by Crippen LogP contribution is -2.31. The highest BCUT2D eigenvalue weighted by Crippen LogP contribution is 2.35. The number of amides is 1. The molecule has 4 rings (SSSR count). The molecule has 8 heteroatoms. The van der Waals surface area contributed by atoms with Crippen LogP contribution >= 0.6 is 24.0 Å². The third-order valence-corrected chi connectivity index (χ3v) is 6.57. The summed E-state index contributed by atoms with van der Waals surface area (Å²) in [6, 6.07) is 15.9. The van der Waals surface area contributed by atoms with E-state index in [9.17, 15) is 4.79 Å². The van der Waals surface area contributed by atoms with Crippen LogP contribution in [0.25, 0.3) is 23.0 Å². The third-order valence-electron chi connectivity index (χ3n) is 5.19. The smallest absolute Gasteiger partial charge is 0.266 e. The van der Waals surface area contributed by atoms with Crippen LogP contribution in [0, 0.1) is 6.92 Å². The molecular weight excluding hydrogens is 454 g/mol. The van der Waals surface area contributed by atoms with Gasteiger partial charge in [-0.05, 0) is 55.8 Å². The minimum atomic E-state index is -0.108. The Morgan fingerprint density at radius 3 is 2.67 bits per heavy atom. The second-order valence-corrected chi connectivity index (χ2v) is 9.13. The number of carbonyl (C=O) groups excluding carboxylic acids is 1.